The molecule has 1 atom stereocenters. The van der Waals surface area contributed by atoms with Crippen molar-refractivity contribution in [3.63, 3.8) is 0 Å². The van der Waals surface area contributed by atoms with Crippen LogP contribution in [0.4, 0.5) is 0 Å². The van der Waals surface area contributed by atoms with E-state index in [1.807, 2.05) is 18.2 Å². The maximum Gasteiger partial charge on any atom is 0.297 e. The molecule has 0 aliphatic heterocycles. The molecular weight excluding hydrogens is 292 g/mol. The number of unbranched alkanes of at least 4 members (excludes halogenated alkanes) is 1. The third kappa shape index (κ3) is 6.51. The van der Waals surface area contributed by atoms with Gasteiger partial charge in [-0.3, -0.25) is 4.79 Å². The van der Waals surface area contributed by atoms with Crippen molar-refractivity contribution in [1.29, 1.82) is 0 Å². The lowest BCUT2D eigenvalue weighted by Gasteiger charge is -2.16. The first-order chi connectivity index (χ1) is 10.7. The van der Waals surface area contributed by atoms with Gasteiger partial charge in [-0.05, 0) is 30.5 Å². The Morgan fingerprint density at radius 3 is 2.73 bits per heavy atom. The molecule has 0 spiro atoms. The number of amides is 1. The van der Waals surface area contributed by atoms with Gasteiger partial charge in [-0.2, -0.15) is 0 Å². The molecule has 0 aliphatic carbocycles. The molecule has 0 bridgehead atoms. The molecule has 1 rings (SSSR count). The summed E-state index contributed by atoms with van der Waals surface area (Å²) in [6, 6.07) is 8.34. The van der Waals surface area contributed by atoms with Crippen molar-refractivity contribution in [2.75, 3.05) is 6.61 Å². The highest BCUT2D eigenvalue weighted by molar-refractivity contribution is 6.32. The van der Waals surface area contributed by atoms with E-state index in [9.17, 15) is 4.79 Å². The Kier molecular flexibility index (Phi) is 9.38. The van der Waals surface area contributed by atoms with Crippen molar-refractivity contribution in [1.82, 2.24) is 0 Å². The Bertz CT molecular complexity index is 477. The number of para-hydroxylation sites is 1. The predicted molar refractivity (Wildman–Crippen MR) is 93.5 cm³/mol. The number of carbonyl (C=O) groups is 1. The van der Waals surface area contributed by atoms with Crippen LogP contribution in [0, 0.1) is 5.92 Å². The average molecular weight is 321 g/mol. The number of hydrogen-bond donors (Lipinski definition) is 0. The van der Waals surface area contributed by atoms with Crippen molar-refractivity contribution in [3.05, 3.63) is 29.8 Å². The van der Waals surface area contributed by atoms with Crippen LogP contribution in [0.1, 0.15) is 56.8 Å². The van der Waals surface area contributed by atoms with Crippen LogP contribution in [-0.2, 0) is 0 Å². The fourth-order valence-electron chi connectivity index (χ4n) is 2.14. The van der Waals surface area contributed by atoms with Gasteiger partial charge in [0.05, 0.1) is 12.2 Å². The molecule has 22 heavy (non-hydrogen) atoms. The molecule has 1 aromatic carbocycles. The normalized spacial score (nSPS) is 13.0. The zero-order valence-corrected chi connectivity index (χ0v) is 15.5. The van der Waals surface area contributed by atoms with Gasteiger partial charge in [0.1, 0.15) is 5.75 Å². The monoisotopic (exact) mass is 320 g/mol. The fraction of sp³-hybridized carbons (Fsp3) is 0.588. The van der Waals surface area contributed by atoms with Gasteiger partial charge in [-0.15, -0.1) is 5.11 Å². The lowest BCUT2D eigenvalue weighted by Crippen LogP contribution is -2.13. The lowest BCUT2D eigenvalue weighted by atomic mass is 10.0. The maximum absolute atomic E-state index is 12.1. The van der Waals surface area contributed by atoms with Crippen LogP contribution in [0.2, 0.25) is 6.04 Å². The fourth-order valence-corrected chi connectivity index (χ4v) is 2.57. The third-order valence-electron chi connectivity index (χ3n) is 3.62. The van der Waals surface area contributed by atoms with E-state index in [-0.39, 0.29) is 5.91 Å². The maximum atomic E-state index is 12.1. The minimum atomic E-state index is -0.579. The zero-order chi connectivity index (χ0) is 16.2. The molecule has 1 unspecified atom stereocenters. The largest absolute Gasteiger partial charge is 0.492 e. The van der Waals surface area contributed by atoms with Crippen LogP contribution in [-0.4, -0.2) is 22.2 Å². The Morgan fingerprint density at radius 2 is 2.05 bits per heavy atom. The number of hydrogen-bond acceptors (Lipinski definition) is 3. The molecule has 0 aromatic heterocycles. The lowest BCUT2D eigenvalue weighted by molar-refractivity contribution is 0.0990. The Balaban J connectivity index is 2.68. The van der Waals surface area contributed by atoms with Gasteiger partial charge in [0.25, 0.3) is 5.91 Å². The van der Waals surface area contributed by atoms with Gasteiger partial charge >= 0.3 is 0 Å². The first-order valence-corrected chi connectivity index (χ1v) is 9.99. The summed E-state index contributed by atoms with van der Waals surface area (Å²) in [7, 11) is -0.579. The molecule has 4 nitrogen and oxygen atoms in total. The molecule has 5 heteroatoms. The summed E-state index contributed by atoms with van der Waals surface area (Å²) in [6.45, 7) is 7.10. The van der Waals surface area contributed by atoms with Gasteiger partial charge in [-0.1, -0.05) is 52.2 Å². The molecule has 0 N–H and O–H groups in total. The molecule has 0 radical (unpaired) electrons. The van der Waals surface area contributed by atoms with E-state index < -0.39 is 9.68 Å². The topological polar surface area (TPSA) is 51.0 Å². The van der Waals surface area contributed by atoms with Crippen LogP contribution >= 0.6 is 0 Å². The van der Waals surface area contributed by atoms with Gasteiger partial charge in [0.2, 0.25) is 0 Å². The molecule has 0 aliphatic rings. The van der Waals surface area contributed by atoms with Crippen molar-refractivity contribution in [2.24, 2.45) is 15.8 Å². The van der Waals surface area contributed by atoms with Gasteiger partial charge in [0, 0.05) is 0 Å². The summed E-state index contributed by atoms with van der Waals surface area (Å²) in [6.07, 6.45) is 4.69. The van der Waals surface area contributed by atoms with Gasteiger partial charge < -0.3 is 4.74 Å². The SMILES string of the molecule is CCCCC(CC)COc1ccccc1C(=O)N=N[SiH2]CC. The minimum Gasteiger partial charge on any atom is -0.492 e. The zero-order valence-electron chi connectivity index (χ0n) is 14.0. The highest BCUT2D eigenvalue weighted by atomic mass is 28.2. The van der Waals surface area contributed by atoms with Crippen molar-refractivity contribution in [2.45, 2.75) is 52.5 Å². The van der Waals surface area contributed by atoms with Crippen LogP contribution in [0.5, 0.6) is 5.75 Å². The molecule has 1 amide bonds. The number of benzene rings is 1. The summed E-state index contributed by atoms with van der Waals surface area (Å²) in [5.74, 6) is 0.870. The molecule has 0 fully saturated rings. The quantitative estimate of drug-likeness (QED) is 0.474. The van der Waals surface area contributed by atoms with E-state index in [4.69, 9.17) is 4.74 Å². The second kappa shape index (κ2) is 11.1. The number of rotatable bonds is 10. The van der Waals surface area contributed by atoms with Crippen LogP contribution in [0.25, 0.3) is 0 Å². The Morgan fingerprint density at radius 1 is 1.27 bits per heavy atom. The third-order valence-corrected chi connectivity index (χ3v) is 4.41. The smallest absolute Gasteiger partial charge is 0.297 e. The highest BCUT2D eigenvalue weighted by Crippen LogP contribution is 2.21. The Labute approximate surface area is 136 Å². The van der Waals surface area contributed by atoms with E-state index in [2.05, 4.69) is 30.7 Å². The molecular formula is C17H28N2O2Si. The van der Waals surface area contributed by atoms with E-state index >= 15 is 0 Å². The molecule has 122 valence electrons. The second-order valence-electron chi connectivity index (χ2n) is 5.49. The highest BCUT2D eigenvalue weighted by Gasteiger charge is 2.13. The van der Waals surface area contributed by atoms with E-state index in [0.29, 0.717) is 23.8 Å². The average Bonchev–Trinajstić information content (AvgIpc) is 2.55. The molecule has 0 saturated carbocycles. The summed E-state index contributed by atoms with van der Waals surface area (Å²) in [5, 5.41) is 3.81. The first kappa shape index (κ1) is 18.6. The van der Waals surface area contributed by atoms with Gasteiger partial charge in [0.15, 0.2) is 9.68 Å². The molecule has 0 heterocycles. The van der Waals surface area contributed by atoms with E-state index in [0.717, 1.165) is 12.5 Å². The minimum absolute atomic E-state index is 0.293. The number of nitrogens with zero attached hydrogens (tertiary/aromatic N) is 2. The Hall–Kier alpha value is -1.49. The predicted octanol–water partition coefficient (Wildman–Crippen LogP) is 4.40. The van der Waals surface area contributed by atoms with Crippen molar-refractivity contribution in [3.8, 4) is 5.75 Å². The van der Waals surface area contributed by atoms with Crippen LogP contribution in [0.3, 0.4) is 0 Å². The summed E-state index contributed by atoms with van der Waals surface area (Å²) >= 11 is 0. The van der Waals surface area contributed by atoms with Crippen molar-refractivity contribution < 1.29 is 9.53 Å². The van der Waals surface area contributed by atoms with Gasteiger partial charge in [-0.25, -0.2) is 4.78 Å². The summed E-state index contributed by atoms with van der Waals surface area (Å²) in [4.78, 5) is 12.1. The molecule has 1 aromatic rings. The standard InChI is InChI=1S/C17H28N2O2Si/c1-4-7-10-14(5-2)13-21-16-12-9-8-11-15(16)17(20)18-19-22-6-3/h8-9,11-12,14H,4-7,10,13,22H2,1-3H3. The van der Waals surface area contributed by atoms with E-state index in [1.54, 1.807) is 6.07 Å². The summed E-state index contributed by atoms with van der Waals surface area (Å²) < 4.78 is 9.92. The van der Waals surface area contributed by atoms with Crippen LogP contribution < -0.4 is 4.74 Å². The number of carbonyl (C=O) groups excluding carboxylic acids is 1. The van der Waals surface area contributed by atoms with Crippen LogP contribution in [0.15, 0.2) is 34.2 Å². The second-order valence-corrected chi connectivity index (χ2v) is 7.22. The summed E-state index contributed by atoms with van der Waals surface area (Å²) in [5.41, 5.74) is 0.515. The van der Waals surface area contributed by atoms with E-state index in [1.165, 1.54) is 19.3 Å². The first-order valence-electron chi connectivity index (χ1n) is 8.36. The molecule has 0 saturated heterocycles. The van der Waals surface area contributed by atoms with Crippen molar-refractivity contribution >= 4 is 15.6 Å². The number of ether oxygens (including phenoxy) is 1.